The van der Waals surface area contributed by atoms with E-state index in [4.69, 9.17) is 4.42 Å². The fourth-order valence-electron chi connectivity index (χ4n) is 3.35. The van der Waals surface area contributed by atoms with Crippen LogP contribution in [0.25, 0.3) is 0 Å². The third-order valence-corrected chi connectivity index (χ3v) is 4.86. The molecule has 1 aliphatic heterocycles. The number of amides is 3. The molecule has 0 saturated heterocycles. The van der Waals surface area contributed by atoms with Crippen LogP contribution in [0.4, 0.5) is 0 Å². The second-order valence-corrected chi connectivity index (χ2v) is 6.74. The maximum absolute atomic E-state index is 12.6. The number of furan rings is 1. The van der Waals surface area contributed by atoms with Crippen molar-refractivity contribution in [2.45, 2.75) is 38.3 Å². The molecule has 2 aromatic rings. The van der Waals surface area contributed by atoms with Crippen LogP contribution in [0.1, 0.15) is 52.2 Å². The minimum Gasteiger partial charge on any atom is -0.467 e. The Morgan fingerprint density at radius 1 is 1.08 bits per heavy atom. The maximum Gasteiger partial charge on any atom is 0.261 e. The predicted molar refractivity (Wildman–Crippen MR) is 93.3 cm³/mol. The summed E-state index contributed by atoms with van der Waals surface area (Å²) >= 11 is 0. The highest BCUT2D eigenvalue weighted by molar-refractivity contribution is 6.21. The number of hydrogen-bond acceptors (Lipinski definition) is 4. The van der Waals surface area contributed by atoms with E-state index in [0.29, 0.717) is 30.5 Å². The molecule has 2 aliphatic rings. The summed E-state index contributed by atoms with van der Waals surface area (Å²) in [6.45, 7) is 0.737. The first-order chi connectivity index (χ1) is 12.6. The molecule has 26 heavy (non-hydrogen) atoms. The van der Waals surface area contributed by atoms with Crippen molar-refractivity contribution in [3.63, 3.8) is 0 Å². The number of imide groups is 1. The molecular weight excluding hydrogens is 332 g/mol. The predicted octanol–water partition coefficient (Wildman–Crippen LogP) is 2.85. The van der Waals surface area contributed by atoms with Gasteiger partial charge in [-0.1, -0.05) is 12.1 Å². The molecule has 1 aromatic carbocycles. The molecule has 1 saturated carbocycles. The lowest BCUT2D eigenvalue weighted by Gasteiger charge is -2.22. The van der Waals surface area contributed by atoms with Crippen molar-refractivity contribution in [2.24, 2.45) is 0 Å². The third-order valence-electron chi connectivity index (χ3n) is 4.86. The Bertz CT molecular complexity index is 804. The Kier molecular flexibility index (Phi) is 4.32. The van der Waals surface area contributed by atoms with E-state index in [1.54, 1.807) is 30.5 Å². The highest BCUT2D eigenvalue weighted by Gasteiger charge is 2.36. The summed E-state index contributed by atoms with van der Waals surface area (Å²) in [5.74, 6) is 0.270. The summed E-state index contributed by atoms with van der Waals surface area (Å²) < 4.78 is 5.35. The van der Waals surface area contributed by atoms with Crippen LogP contribution in [-0.4, -0.2) is 40.1 Å². The monoisotopic (exact) mass is 352 g/mol. The van der Waals surface area contributed by atoms with Crippen LogP contribution in [0.2, 0.25) is 0 Å². The lowest BCUT2D eigenvalue weighted by Crippen LogP contribution is -2.34. The van der Waals surface area contributed by atoms with Crippen molar-refractivity contribution in [3.05, 3.63) is 59.5 Å². The molecule has 0 atom stereocenters. The number of benzene rings is 1. The number of fused-ring (bicyclic) bond motifs is 1. The van der Waals surface area contributed by atoms with E-state index in [1.807, 2.05) is 17.0 Å². The van der Waals surface area contributed by atoms with Gasteiger partial charge in [-0.15, -0.1) is 0 Å². The standard InChI is InChI=1S/C20H20N2O4/c23-18(22(14-9-10-14)13-15-5-4-12-26-15)8-3-11-21-19(24)16-6-1-2-7-17(16)20(21)25/h1-2,4-7,12,14H,3,8-11,13H2. The highest BCUT2D eigenvalue weighted by atomic mass is 16.3. The molecule has 4 rings (SSSR count). The minimum atomic E-state index is -0.271. The quantitative estimate of drug-likeness (QED) is 0.719. The van der Waals surface area contributed by atoms with Gasteiger partial charge >= 0.3 is 0 Å². The minimum absolute atomic E-state index is 0.0421. The van der Waals surface area contributed by atoms with E-state index in [1.165, 1.54) is 4.90 Å². The summed E-state index contributed by atoms with van der Waals surface area (Å²) in [5, 5.41) is 0. The zero-order chi connectivity index (χ0) is 18.1. The Labute approximate surface area is 151 Å². The van der Waals surface area contributed by atoms with Crippen molar-refractivity contribution >= 4 is 17.7 Å². The number of rotatable bonds is 7. The van der Waals surface area contributed by atoms with Crippen LogP contribution in [-0.2, 0) is 11.3 Å². The molecule has 3 amide bonds. The number of carbonyl (C=O) groups excluding carboxylic acids is 3. The fraction of sp³-hybridized carbons (Fsp3) is 0.350. The first kappa shape index (κ1) is 16.6. The summed E-state index contributed by atoms with van der Waals surface area (Å²) in [6, 6.07) is 10.8. The van der Waals surface area contributed by atoms with Crippen molar-refractivity contribution in [1.82, 2.24) is 9.80 Å². The van der Waals surface area contributed by atoms with Crippen molar-refractivity contribution in [3.8, 4) is 0 Å². The van der Waals surface area contributed by atoms with E-state index in [-0.39, 0.29) is 30.3 Å². The fourth-order valence-corrected chi connectivity index (χ4v) is 3.35. The molecule has 0 unspecified atom stereocenters. The van der Waals surface area contributed by atoms with Gasteiger partial charge in [0, 0.05) is 19.0 Å². The zero-order valence-electron chi connectivity index (χ0n) is 14.4. The number of carbonyl (C=O) groups is 3. The second kappa shape index (κ2) is 6.78. The van der Waals surface area contributed by atoms with Gasteiger partial charge in [-0.2, -0.15) is 0 Å². The first-order valence-corrected chi connectivity index (χ1v) is 8.92. The molecule has 1 aliphatic carbocycles. The molecule has 0 spiro atoms. The Hall–Kier alpha value is -2.89. The largest absolute Gasteiger partial charge is 0.467 e. The van der Waals surface area contributed by atoms with E-state index in [0.717, 1.165) is 18.6 Å². The average molecular weight is 352 g/mol. The van der Waals surface area contributed by atoms with Gasteiger partial charge in [0.2, 0.25) is 5.91 Å². The van der Waals surface area contributed by atoms with Crippen molar-refractivity contribution in [1.29, 1.82) is 0 Å². The normalized spacial score (nSPS) is 16.1. The molecular formula is C20H20N2O4. The van der Waals surface area contributed by atoms with Gasteiger partial charge in [-0.3, -0.25) is 19.3 Å². The second-order valence-electron chi connectivity index (χ2n) is 6.74. The summed E-state index contributed by atoms with van der Waals surface area (Å²) in [5.41, 5.74) is 0.891. The first-order valence-electron chi connectivity index (χ1n) is 8.92. The van der Waals surface area contributed by atoms with Crippen LogP contribution in [0.15, 0.2) is 47.1 Å². The van der Waals surface area contributed by atoms with Gasteiger partial charge in [0.05, 0.1) is 23.9 Å². The van der Waals surface area contributed by atoms with Crippen LogP contribution >= 0.6 is 0 Å². The van der Waals surface area contributed by atoms with Gasteiger partial charge in [-0.05, 0) is 43.5 Å². The van der Waals surface area contributed by atoms with Crippen LogP contribution in [0.5, 0.6) is 0 Å². The number of nitrogens with zero attached hydrogens (tertiary/aromatic N) is 2. The lowest BCUT2D eigenvalue weighted by molar-refractivity contribution is -0.132. The number of hydrogen-bond donors (Lipinski definition) is 0. The van der Waals surface area contributed by atoms with Crippen molar-refractivity contribution < 1.29 is 18.8 Å². The molecule has 1 aromatic heterocycles. The Morgan fingerprint density at radius 2 is 1.77 bits per heavy atom. The topological polar surface area (TPSA) is 70.8 Å². The molecule has 2 heterocycles. The zero-order valence-corrected chi connectivity index (χ0v) is 14.4. The molecule has 0 bridgehead atoms. The maximum atomic E-state index is 12.6. The Balaban J connectivity index is 1.33. The summed E-state index contributed by atoms with van der Waals surface area (Å²) in [4.78, 5) is 40.4. The molecule has 0 radical (unpaired) electrons. The van der Waals surface area contributed by atoms with E-state index < -0.39 is 0 Å². The van der Waals surface area contributed by atoms with Gasteiger partial charge in [-0.25, -0.2) is 0 Å². The van der Waals surface area contributed by atoms with E-state index in [9.17, 15) is 14.4 Å². The van der Waals surface area contributed by atoms with Gasteiger partial charge in [0.15, 0.2) is 0 Å². The third kappa shape index (κ3) is 3.14. The smallest absolute Gasteiger partial charge is 0.261 e. The lowest BCUT2D eigenvalue weighted by atomic mass is 10.1. The molecule has 1 fully saturated rings. The van der Waals surface area contributed by atoms with Gasteiger partial charge < -0.3 is 9.32 Å². The highest BCUT2D eigenvalue weighted by Crippen LogP contribution is 2.29. The van der Waals surface area contributed by atoms with Gasteiger partial charge in [0.1, 0.15) is 5.76 Å². The summed E-state index contributed by atoms with van der Waals surface area (Å²) in [7, 11) is 0. The van der Waals surface area contributed by atoms with Crippen LogP contribution in [0.3, 0.4) is 0 Å². The summed E-state index contributed by atoms with van der Waals surface area (Å²) in [6.07, 6.45) is 4.42. The Morgan fingerprint density at radius 3 is 2.35 bits per heavy atom. The van der Waals surface area contributed by atoms with Gasteiger partial charge in [0.25, 0.3) is 11.8 Å². The SMILES string of the molecule is O=C1c2ccccc2C(=O)N1CCCC(=O)N(Cc1ccco1)C1CC1. The molecule has 0 N–H and O–H groups in total. The average Bonchev–Trinajstić information content (AvgIpc) is 3.31. The van der Waals surface area contributed by atoms with Crippen LogP contribution < -0.4 is 0 Å². The van der Waals surface area contributed by atoms with Crippen LogP contribution in [0, 0.1) is 0 Å². The molecule has 6 heteroatoms. The van der Waals surface area contributed by atoms with Crippen molar-refractivity contribution in [2.75, 3.05) is 6.54 Å². The van der Waals surface area contributed by atoms with E-state index >= 15 is 0 Å². The molecule has 134 valence electrons. The molecule has 6 nitrogen and oxygen atoms in total. The van der Waals surface area contributed by atoms with E-state index in [2.05, 4.69) is 0 Å².